The Balaban J connectivity index is 1.38. The van der Waals surface area contributed by atoms with Gasteiger partial charge in [-0.15, -0.1) is 0 Å². The summed E-state index contributed by atoms with van der Waals surface area (Å²) in [6.45, 7) is 0.817. The Labute approximate surface area is 179 Å². The van der Waals surface area contributed by atoms with Gasteiger partial charge in [0.15, 0.2) is 0 Å². The molecule has 1 unspecified atom stereocenters. The predicted molar refractivity (Wildman–Crippen MR) is 115 cm³/mol. The van der Waals surface area contributed by atoms with Crippen LogP contribution in [0.4, 0.5) is 10.1 Å². The van der Waals surface area contributed by atoms with E-state index in [-0.39, 0.29) is 24.1 Å². The van der Waals surface area contributed by atoms with Crippen molar-refractivity contribution >= 4 is 28.4 Å². The second kappa shape index (κ2) is 8.67. The van der Waals surface area contributed by atoms with Crippen molar-refractivity contribution in [3.05, 3.63) is 54.0 Å². The highest BCUT2D eigenvalue weighted by Gasteiger charge is 2.34. The standard InChI is InChI=1S/C23H24FN3O4/c1-30-17-4-6-20(21(11-17)31-2)26-23(29)15-9-22(28)27(13-15)8-7-14-12-25-19-5-3-16(24)10-18(14)19/h3-6,10-12,15,25H,7-9,13H2,1-2H3,(H,26,29). The number of aromatic nitrogens is 1. The smallest absolute Gasteiger partial charge is 0.229 e. The fourth-order valence-electron chi connectivity index (χ4n) is 3.91. The second-order valence-corrected chi connectivity index (χ2v) is 7.55. The molecule has 1 aliphatic rings. The minimum Gasteiger partial charge on any atom is -0.497 e. The SMILES string of the molecule is COc1ccc(NC(=O)C2CC(=O)N(CCc3c[nH]c4ccc(F)cc34)C2)c(OC)c1. The molecular formula is C23H24FN3O4. The molecule has 0 bridgehead atoms. The Morgan fingerprint density at radius 3 is 2.84 bits per heavy atom. The van der Waals surface area contributed by atoms with Gasteiger partial charge >= 0.3 is 0 Å². The average Bonchev–Trinajstić information content (AvgIpc) is 3.35. The van der Waals surface area contributed by atoms with Crippen LogP contribution in [0.1, 0.15) is 12.0 Å². The average molecular weight is 425 g/mol. The Kier molecular flexibility index (Phi) is 5.79. The highest BCUT2D eigenvalue weighted by molar-refractivity contribution is 5.98. The van der Waals surface area contributed by atoms with Crippen LogP contribution in [-0.4, -0.2) is 49.0 Å². The van der Waals surface area contributed by atoms with Crippen molar-refractivity contribution in [1.82, 2.24) is 9.88 Å². The van der Waals surface area contributed by atoms with Gasteiger partial charge in [-0.25, -0.2) is 4.39 Å². The molecule has 0 spiro atoms. The zero-order chi connectivity index (χ0) is 22.0. The summed E-state index contributed by atoms with van der Waals surface area (Å²) in [5, 5.41) is 3.66. The van der Waals surface area contributed by atoms with Crippen LogP contribution in [0.25, 0.3) is 10.9 Å². The van der Waals surface area contributed by atoms with Crippen LogP contribution in [-0.2, 0) is 16.0 Å². The van der Waals surface area contributed by atoms with E-state index in [1.54, 1.807) is 36.3 Å². The highest BCUT2D eigenvalue weighted by Crippen LogP contribution is 2.30. The lowest BCUT2D eigenvalue weighted by atomic mass is 10.1. The lowest BCUT2D eigenvalue weighted by Gasteiger charge is -2.17. The number of fused-ring (bicyclic) bond motifs is 1. The molecule has 0 aliphatic carbocycles. The van der Waals surface area contributed by atoms with Crippen LogP contribution in [0, 0.1) is 11.7 Å². The third-order valence-electron chi connectivity index (χ3n) is 5.63. The Hall–Kier alpha value is -3.55. The lowest BCUT2D eigenvalue weighted by molar-refractivity contribution is -0.128. The summed E-state index contributed by atoms with van der Waals surface area (Å²) < 4.78 is 24.1. The zero-order valence-corrected chi connectivity index (χ0v) is 17.4. The van der Waals surface area contributed by atoms with E-state index in [0.29, 0.717) is 36.7 Å². The van der Waals surface area contributed by atoms with Crippen molar-refractivity contribution in [3.8, 4) is 11.5 Å². The summed E-state index contributed by atoms with van der Waals surface area (Å²) in [6, 6.07) is 9.72. The molecule has 31 heavy (non-hydrogen) atoms. The fourth-order valence-corrected chi connectivity index (χ4v) is 3.91. The molecule has 8 heteroatoms. The summed E-state index contributed by atoms with van der Waals surface area (Å²) in [4.78, 5) is 30.0. The van der Waals surface area contributed by atoms with E-state index in [9.17, 15) is 14.0 Å². The number of likely N-dealkylation sites (tertiary alicyclic amines) is 1. The number of rotatable bonds is 7. The maximum absolute atomic E-state index is 13.6. The number of aromatic amines is 1. The van der Waals surface area contributed by atoms with E-state index in [1.165, 1.54) is 19.2 Å². The number of nitrogens with one attached hydrogen (secondary N) is 2. The number of halogens is 1. The first kappa shape index (κ1) is 20.7. The summed E-state index contributed by atoms with van der Waals surface area (Å²) in [7, 11) is 3.07. The van der Waals surface area contributed by atoms with E-state index in [4.69, 9.17) is 9.47 Å². The third kappa shape index (κ3) is 4.33. The molecule has 1 atom stereocenters. The quantitative estimate of drug-likeness (QED) is 0.608. The van der Waals surface area contributed by atoms with Crippen LogP contribution in [0.2, 0.25) is 0 Å². The van der Waals surface area contributed by atoms with Gasteiger partial charge < -0.3 is 24.7 Å². The summed E-state index contributed by atoms with van der Waals surface area (Å²) in [5.74, 6) is 0.0760. The maximum atomic E-state index is 13.6. The predicted octanol–water partition coefficient (Wildman–Crippen LogP) is 3.35. The number of carbonyl (C=O) groups is 2. The van der Waals surface area contributed by atoms with E-state index in [2.05, 4.69) is 10.3 Å². The fraction of sp³-hybridized carbons (Fsp3) is 0.304. The van der Waals surface area contributed by atoms with Gasteiger partial charge in [0.05, 0.1) is 25.8 Å². The Bertz CT molecular complexity index is 1130. The van der Waals surface area contributed by atoms with Gasteiger partial charge in [0.25, 0.3) is 0 Å². The molecule has 0 radical (unpaired) electrons. The van der Waals surface area contributed by atoms with Crippen molar-refractivity contribution in [3.63, 3.8) is 0 Å². The monoisotopic (exact) mass is 425 g/mol. The van der Waals surface area contributed by atoms with Gasteiger partial charge in [-0.1, -0.05) is 0 Å². The number of benzene rings is 2. The van der Waals surface area contributed by atoms with Gasteiger partial charge in [-0.2, -0.15) is 0 Å². The van der Waals surface area contributed by atoms with Crippen LogP contribution < -0.4 is 14.8 Å². The minimum atomic E-state index is -0.445. The van der Waals surface area contributed by atoms with Crippen molar-refractivity contribution in [2.45, 2.75) is 12.8 Å². The van der Waals surface area contributed by atoms with E-state index in [0.717, 1.165) is 16.5 Å². The number of H-pyrrole nitrogens is 1. The molecule has 1 aromatic heterocycles. The van der Waals surface area contributed by atoms with E-state index < -0.39 is 5.92 Å². The molecule has 2 amide bonds. The normalized spacial score (nSPS) is 16.0. The van der Waals surface area contributed by atoms with Gasteiger partial charge in [-0.05, 0) is 42.3 Å². The first-order chi connectivity index (χ1) is 15.0. The molecule has 0 saturated carbocycles. The van der Waals surface area contributed by atoms with E-state index in [1.807, 2.05) is 6.20 Å². The number of amides is 2. The molecule has 1 fully saturated rings. The molecule has 4 rings (SSSR count). The highest BCUT2D eigenvalue weighted by atomic mass is 19.1. The number of methoxy groups -OCH3 is 2. The molecule has 2 N–H and O–H groups in total. The first-order valence-electron chi connectivity index (χ1n) is 10.0. The van der Waals surface area contributed by atoms with Gasteiger partial charge in [0, 0.05) is 42.7 Å². The first-order valence-corrected chi connectivity index (χ1v) is 10.0. The zero-order valence-electron chi connectivity index (χ0n) is 17.4. The van der Waals surface area contributed by atoms with Gasteiger partial charge in [-0.3, -0.25) is 9.59 Å². The van der Waals surface area contributed by atoms with Crippen molar-refractivity contribution in [2.75, 3.05) is 32.6 Å². The number of hydrogen-bond acceptors (Lipinski definition) is 4. The molecule has 2 aromatic carbocycles. The van der Waals surface area contributed by atoms with Crippen molar-refractivity contribution < 1.29 is 23.5 Å². The Morgan fingerprint density at radius 1 is 1.23 bits per heavy atom. The minimum absolute atomic E-state index is 0.0622. The molecule has 1 saturated heterocycles. The molecule has 162 valence electrons. The van der Waals surface area contributed by atoms with Crippen LogP contribution in [0.5, 0.6) is 11.5 Å². The molecule has 3 aromatic rings. The molecule has 1 aliphatic heterocycles. The molecule has 2 heterocycles. The van der Waals surface area contributed by atoms with E-state index >= 15 is 0 Å². The number of carbonyl (C=O) groups excluding carboxylic acids is 2. The summed E-state index contributed by atoms with van der Waals surface area (Å²) >= 11 is 0. The lowest BCUT2D eigenvalue weighted by Crippen LogP contribution is -2.30. The summed E-state index contributed by atoms with van der Waals surface area (Å²) in [6.07, 6.45) is 2.58. The summed E-state index contributed by atoms with van der Waals surface area (Å²) in [5.41, 5.74) is 2.33. The van der Waals surface area contributed by atoms with Crippen LogP contribution in [0.15, 0.2) is 42.6 Å². The van der Waals surface area contributed by atoms with Gasteiger partial charge in [0.2, 0.25) is 11.8 Å². The molecule has 7 nitrogen and oxygen atoms in total. The van der Waals surface area contributed by atoms with Crippen molar-refractivity contribution in [1.29, 1.82) is 0 Å². The van der Waals surface area contributed by atoms with Crippen LogP contribution >= 0.6 is 0 Å². The third-order valence-corrected chi connectivity index (χ3v) is 5.63. The van der Waals surface area contributed by atoms with Crippen LogP contribution in [0.3, 0.4) is 0 Å². The number of nitrogens with zero attached hydrogens (tertiary/aromatic N) is 1. The molecular weight excluding hydrogens is 401 g/mol. The van der Waals surface area contributed by atoms with Gasteiger partial charge in [0.1, 0.15) is 17.3 Å². The largest absolute Gasteiger partial charge is 0.497 e. The number of ether oxygens (including phenoxy) is 2. The Morgan fingerprint density at radius 2 is 2.06 bits per heavy atom. The maximum Gasteiger partial charge on any atom is 0.229 e. The topological polar surface area (TPSA) is 83.7 Å². The van der Waals surface area contributed by atoms with Crippen molar-refractivity contribution in [2.24, 2.45) is 5.92 Å². The second-order valence-electron chi connectivity index (χ2n) is 7.55. The number of anilines is 1. The number of hydrogen-bond donors (Lipinski definition) is 2.